The second-order valence-electron chi connectivity index (χ2n) is 11.3. The molecule has 0 saturated carbocycles. The number of rotatable bonds is 10. The second-order valence-corrected chi connectivity index (χ2v) is 11.3. The van der Waals surface area contributed by atoms with Gasteiger partial charge in [-0.1, -0.05) is 54.6 Å². The standard InChI is InChI=1S/C35H36FN3O5.Na/c1-22(2)39-30(15-14-27(40)19-28(41)20-31(42)43)32(25-10-12-26(36)13-11-25)33(24-7-4-3-5-8-24)34(39)35(44)38-18-16-23-9-6-17-37-29(23)21-38;/h3-15,17,22,27-28,40-41H,16,18-21H2,1-2H3,(H,42,43);/q;+1/p-1/b15-14+;/t27-,28-;/m1./s1. The van der Waals surface area contributed by atoms with Gasteiger partial charge in [0.05, 0.1) is 24.4 Å². The Hall–Kier alpha value is -3.60. The Morgan fingerprint density at radius 1 is 1.00 bits per heavy atom. The summed E-state index contributed by atoms with van der Waals surface area (Å²) in [5.41, 5.74) is 5.86. The van der Waals surface area contributed by atoms with Crippen molar-refractivity contribution >= 4 is 18.0 Å². The molecule has 10 heteroatoms. The molecule has 0 spiro atoms. The summed E-state index contributed by atoms with van der Waals surface area (Å²) in [6.07, 6.45) is 2.29. The molecule has 0 radical (unpaired) electrons. The van der Waals surface area contributed by atoms with Crippen molar-refractivity contribution < 1.29 is 58.9 Å². The van der Waals surface area contributed by atoms with Crippen molar-refractivity contribution in [2.45, 2.75) is 57.9 Å². The molecule has 1 aliphatic rings. The molecule has 228 valence electrons. The van der Waals surface area contributed by atoms with Gasteiger partial charge in [0.2, 0.25) is 0 Å². The minimum absolute atomic E-state index is 0. The molecule has 0 unspecified atom stereocenters. The zero-order valence-corrected chi connectivity index (χ0v) is 27.7. The third-order valence-corrected chi connectivity index (χ3v) is 7.81. The van der Waals surface area contributed by atoms with Gasteiger partial charge in [0.25, 0.3) is 5.91 Å². The summed E-state index contributed by atoms with van der Waals surface area (Å²) in [5, 5.41) is 31.7. The van der Waals surface area contributed by atoms with Crippen molar-refractivity contribution in [2.24, 2.45) is 0 Å². The van der Waals surface area contributed by atoms with Crippen LogP contribution in [-0.2, 0) is 17.8 Å². The average molecular weight is 620 g/mol. The number of nitrogens with zero attached hydrogens (tertiary/aromatic N) is 3. The number of carboxylic acid groups (broad SMARTS) is 1. The number of aliphatic hydroxyl groups is 2. The molecule has 4 aromatic rings. The minimum Gasteiger partial charge on any atom is -0.550 e. The van der Waals surface area contributed by atoms with Gasteiger partial charge in [0, 0.05) is 54.4 Å². The molecule has 0 aliphatic carbocycles. The van der Waals surface area contributed by atoms with Crippen LogP contribution in [0.3, 0.4) is 0 Å². The van der Waals surface area contributed by atoms with Gasteiger partial charge in [0.1, 0.15) is 11.5 Å². The molecule has 3 heterocycles. The Balaban J connectivity index is 0.00000461. The van der Waals surface area contributed by atoms with Crippen molar-refractivity contribution in [1.82, 2.24) is 14.5 Å². The van der Waals surface area contributed by atoms with Crippen molar-refractivity contribution in [2.75, 3.05) is 6.54 Å². The van der Waals surface area contributed by atoms with Crippen LogP contribution < -0.4 is 34.7 Å². The van der Waals surface area contributed by atoms with Crippen LogP contribution in [0.25, 0.3) is 28.3 Å². The van der Waals surface area contributed by atoms with E-state index in [1.807, 2.05) is 60.9 Å². The first-order valence-corrected chi connectivity index (χ1v) is 14.7. The van der Waals surface area contributed by atoms with Crippen LogP contribution in [0, 0.1) is 5.82 Å². The maximum atomic E-state index is 14.6. The number of carbonyl (C=O) groups excluding carboxylic acids is 2. The number of benzene rings is 2. The van der Waals surface area contributed by atoms with Gasteiger partial charge in [-0.25, -0.2) is 4.39 Å². The van der Waals surface area contributed by atoms with Gasteiger partial charge < -0.3 is 29.6 Å². The number of amides is 1. The second kappa shape index (κ2) is 15.1. The molecule has 2 aromatic heterocycles. The SMILES string of the molecule is CC(C)n1c(/C=C/[C@@H](O)C[C@@H](O)CC(=O)[O-])c(-c2ccc(F)cc2)c(-c2ccccc2)c1C(=O)N1CCc2cccnc2C1.[Na+]. The number of hydrogen-bond acceptors (Lipinski definition) is 6. The number of pyridine rings is 1. The molecule has 1 aliphatic heterocycles. The predicted molar refractivity (Wildman–Crippen MR) is 164 cm³/mol. The van der Waals surface area contributed by atoms with E-state index in [2.05, 4.69) is 4.98 Å². The molecule has 1 amide bonds. The zero-order valence-electron chi connectivity index (χ0n) is 25.7. The molecule has 2 atom stereocenters. The fraction of sp³-hybridized carbons (Fsp3) is 0.286. The summed E-state index contributed by atoms with van der Waals surface area (Å²) in [6, 6.07) is 19.3. The number of carboxylic acids is 1. The van der Waals surface area contributed by atoms with Gasteiger partial charge in [-0.05, 0) is 61.2 Å². The Morgan fingerprint density at radius 2 is 1.69 bits per heavy atom. The average Bonchev–Trinajstić information content (AvgIpc) is 3.35. The Kier molecular flexibility index (Phi) is 11.5. The molecule has 8 nitrogen and oxygen atoms in total. The van der Waals surface area contributed by atoms with Crippen LogP contribution in [0.5, 0.6) is 0 Å². The van der Waals surface area contributed by atoms with Crippen molar-refractivity contribution in [3.8, 4) is 22.3 Å². The molecule has 2 aromatic carbocycles. The first kappa shape index (κ1) is 34.3. The van der Waals surface area contributed by atoms with Gasteiger partial charge in [0.15, 0.2) is 0 Å². The van der Waals surface area contributed by atoms with Crippen LogP contribution in [-0.4, -0.2) is 55.3 Å². The summed E-state index contributed by atoms with van der Waals surface area (Å²) in [7, 11) is 0. The van der Waals surface area contributed by atoms with E-state index in [4.69, 9.17) is 0 Å². The van der Waals surface area contributed by atoms with Gasteiger partial charge >= 0.3 is 29.6 Å². The van der Waals surface area contributed by atoms with Crippen LogP contribution in [0.1, 0.15) is 60.2 Å². The normalized spacial score (nSPS) is 14.2. The number of hydrogen-bond donors (Lipinski definition) is 2. The summed E-state index contributed by atoms with van der Waals surface area (Å²) in [6.45, 7) is 4.80. The van der Waals surface area contributed by atoms with Crippen LogP contribution in [0.15, 0.2) is 79.0 Å². The Bertz CT molecular complexity index is 1670. The van der Waals surface area contributed by atoms with Crippen molar-refractivity contribution in [3.05, 3.63) is 107 Å². The molecular weight excluding hydrogens is 584 g/mol. The molecule has 5 rings (SSSR count). The van der Waals surface area contributed by atoms with Crippen LogP contribution >= 0.6 is 0 Å². The van der Waals surface area contributed by atoms with E-state index < -0.39 is 30.4 Å². The van der Waals surface area contributed by atoms with E-state index in [1.54, 1.807) is 29.3 Å². The van der Waals surface area contributed by atoms with Crippen molar-refractivity contribution in [3.63, 3.8) is 0 Å². The number of fused-ring (bicyclic) bond motifs is 1. The maximum absolute atomic E-state index is 14.6. The van der Waals surface area contributed by atoms with Gasteiger partial charge in [-0.2, -0.15) is 0 Å². The van der Waals surface area contributed by atoms with E-state index >= 15 is 0 Å². The topological polar surface area (TPSA) is 119 Å². The summed E-state index contributed by atoms with van der Waals surface area (Å²) < 4.78 is 16.0. The Morgan fingerprint density at radius 3 is 2.36 bits per heavy atom. The van der Waals surface area contributed by atoms with E-state index in [0.29, 0.717) is 47.6 Å². The first-order chi connectivity index (χ1) is 21.1. The van der Waals surface area contributed by atoms with Gasteiger partial charge in [-0.3, -0.25) is 9.78 Å². The smallest absolute Gasteiger partial charge is 0.550 e. The molecule has 0 fully saturated rings. The van der Waals surface area contributed by atoms with Gasteiger partial charge in [-0.15, -0.1) is 0 Å². The maximum Gasteiger partial charge on any atom is 1.00 e. The quantitative estimate of drug-likeness (QED) is 0.259. The van der Waals surface area contributed by atoms with Crippen LogP contribution in [0.2, 0.25) is 0 Å². The minimum atomic E-state index is -1.41. The number of aliphatic hydroxyl groups excluding tert-OH is 2. The molecule has 45 heavy (non-hydrogen) atoms. The fourth-order valence-corrected chi connectivity index (χ4v) is 5.83. The monoisotopic (exact) mass is 619 g/mol. The summed E-state index contributed by atoms with van der Waals surface area (Å²) in [4.78, 5) is 31.8. The third kappa shape index (κ3) is 7.80. The fourth-order valence-electron chi connectivity index (χ4n) is 5.83. The van der Waals surface area contributed by atoms with Crippen molar-refractivity contribution in [1.29, 1.82) is 0 Å². The number of halogens is 1. The molecule has 2 N–H and O–H groups in total. The molecule has 0 saturated heterocycles. The van der Waals surface area contributed by atoms with E-state index in [-0.39, 0.29) is 47.9 Å². The first-order valence-electron chi connectivity index (χ1n) is 14.7. The number of carbonyl (C=O) groups is 2. The zero-order chi connectivity index (χ0) is 31.4. The number of aliphatic carboxylic acids is 1. The summed E-state index contributed by atoms with van der Waals surface area (Å²) in [5.74, 6) is -1.99. The third-order valence-electron chi connectivity index (χ3n) is 7.81. The number of aromatic nitrogens is 2. The van der Waals surface area contributed by atoms with E-state index in [1.165, 1.54) is 18.2 Å². The summed E-state index contributed by atoms with van der Waals surface area (Å²) >= 11 is 0. The van der Waals surface area contributed by atoms with E-state index in [9.17, 15) is 29.3 Å². The largest absolute Gasteiger partial charge is 1.00 e. The van der Waals surface area contributed by atoms with E-state index in [0.717, 1.165) is 16.8 Å². The molecule has 0 bridgehead atoms. The Labute approximate surface area is 284 Å². The predicted octanol–water partition coefficient (Wildman–Crippen LogP) is 1.40. The van der Waals surface area contributed by atoms with Crippen LogP contribution in [0.4, 0.5) is 4.39 Å². The molecular formula is C35H35FN3NaO5.